The van der Waals surface area contributed by atoms with Gasteiger partial charge in [-0.2, -0.15) is 13.2 Å². The number of nitrogens with one attached hydrogen (secondary N) is 1. The molecule has 1 unspecified atom stereocenters. The second kappa shape index (κ2) is 6.03. The molecule has 0 fully saturated rings. The lowest BCUT2D eigenvalue weighted by atomic mass is 9.90. The van der Waals surface area contributed by atoms with E-state index in [4.69, 9.17) is 4.74 Å². The summed E-state index contributed by atoms with van der Waals surface area (Å²) in [4.78, 5) is 11.3. The van der Waals surface area contributed by atoms with Crippen molar-refractivity contribution >= 4 is 21.8 Å². The van der Waals surface area contributed by atoms with E-state index in [0.29, 0.717) is 10.0 Å². The summed E-state index contributed by atoms with van der Waals surface area (Å²) in [5, 5.41) is 13.0. The zero-order valence-electron chi connectivity index (χ0n) is 12.9. The van der Waals surface area contributed by atoms with Gasteiger partial charge in [0.25, 0.3) is 5.91 Å². The smallest absolute Gasteiger partial charge is 0.425 e. The fourth-order valence-corrected chi connectivity index (χ4v) is 3.57. The van der Waals surface area contributed by atoms with Crippen molar-refractivity contribution in [3.05, 3.63) is 52.0 Å². The Bertz CT molecular complexity index is 854. The second-order valence-corrected chi connectivity index (χ2v) is 6.40. The number of carbonyl (C=O) groups is 1. The number of benzene rings is 2. The van der Waals surface area contributed by atoms with Crippen LogP contribution in [0.3, 0.4) is 0 Å². The molecule has 0 saturated heterocycles. The van der Waals surface area contributed by atoms with Gasteiger partial charge in [-0.15, -0.1) is 0 Å². The van der Waals surface area contributed by atoms with Crippen LogP contribution in [-0.4, -0.2) is 30.8 Å². The van der Waals surface area contributed by atoms with Crippen molar-refractivity contribution in [3.63, 3.8) is 0 Å². The largest absolute Gasteiger partial charge is 0.484 e. The highest BCUT2D eigenvalue weighted by Gasteiger charge is 2.61. The molecule has 25 heavy (non-hydrogen) atoms. The molecule has 1 atom stereocenters. The molecule has 2 aromatic rings. The molecule has 2 N–H and O–H groups in total. The minimum absolute atomic E-state index is 0.0460. The standard InChI is InChI=1S/C17H13BrF3NO3/c1-22-14(23)8-25-9-6-12-15(13(18)7-9)10-4-2-3-5-11(10)16(12,24)17(19,20)21/h2-7,24H,8H2,1H3,(H,22,23). The molecular formula is C17H13BrF3NO3. The van der Waals surface area contributed by atoms with Gasteiger partial charge in [0.2, 0.25) is 5.60 Å². The minimum atomic E-state index is -4.92. The zero-order chi connectivity index (χ0) is 18.4. The first-order chi connectivity index (χ1) is 11.7. The lowest BCUT2D eigenvalue weighted by Gasteiger charge is -2.28. The van der Waals surface area contributed by atoms with Crippen molar-refractivity contribution in [2.45, 2.75) is 11.8 Å². The Balaban J connectivity index is 2.18. The van der Waals surface area contributed by atoms with E-state index in [0.717, 1.165) is 6.07 Å². The Hall–Kier alpha value is -2.06. The quantitative estimate of drug-likeness (QED) is 0.807. The van der Waals surface area contributed by atoms with Crippen LogP contribution in [0.15, 0.2) is 40.9 Å². The molecule has 1 aliphatic rings. The van der Waals surface area contributed by atoms with Gasteiger partial charge in [-0.3, -0.25) is 4.79 Å². The van der Waals surface area contributed by atoms with Crippen LogP contribution in [0, 0.1) is 0 Å². The average Bonchev–Trinajstić information content (AvgIpc) is 2.83. The molecule has 1 amide bonds. The first-order valence-electron chi connectivity index (χ1n) is 7.26. The first kappa shape index (κ1) is 17.8. The van der Waals surface area contributed by atoms with E-state index >= 15 is 0 Å². The maximum atomic E-state index is 13.8. The summed E-state index contributed by atoms with van der Waals surface area (Å²) < 4.78 is 46.9. The van der Waals surface area contributed by atoms with E-state index in [9.17, 15) is 23.1 Å². The maximum absolute atomic E-state index is 13.8. The van der Waals surface area contributed by atoms with E-state index < -0.39 is 17.7 Å². The predicted molar refractivity (Wildman–Crippen MR) is 88.2 cm³/mol. The van der Waals surface area contributed by atoms with Crippen LogP contribution < -0.4 is 10.1 Å². The summed E-state index contributed by atoms with van der Waals surface area (Å²) >= 11 is 3.25. The molecule has 4 nitrogen and oxygen atoms in total. The zero-order valence-corrected chi connectivity index (χ0v) is 14.5. The highest BCUT2D eigenvalue weighted by molar-refractivity contribution is 9.10. The second-order valence-electron chi connectivity index (χ2n) is 5.54. The summed E-state index contributed by atoms with van der Waals surface area (Å²) in [7, 11) is 1.42. The lowest BCUT2D eigenvalue weighted by Crippen LogP contribution is -2.41. The third-order valence-corrected chi connectivity index (χ3v) is 4.72. The third kappa shape index (κ3) is 2.69. The van der Waals surface area contributed by atoms with Crippen LogP contribution in [0.1, 0.15) is 11.1 Å². The molecule has 0 spiro atoms. The first-order valence-corrected chi connectivity index (χ1v) is 8.06. The van der Waals surface area contributed by atoms with Gasteiger partial charge in [-0.25, -0.2) is 0 Å². The Morgan fingerprint density at radius 2 is 1.96 bits per heavy atom. The molecule has 0 heterocycles. The van der Waals surface area contributed by atoms with E-state index in [-0.39, 0.29) is 29.0 Å². The molecule has 8 heteroatoms. The average molecular weight is 416 g/mol. The summed E-state index contributed by atoms with van der Waals surface area (Å²) in [6, 6.07) is 8.41. The van der Waals surface area contributed by atoms with E-state index in [1.807, 2.05) is 0 Å². The van der Waals surface area contributed by atoms with Gasteiger partial charge in [0.05, 0.1) is 0 Å². The van der Waals surface area contributed by atoms with Crippen molar-refractivity contribution in [1.29, 1.82) is 0 Å². The van der Waals surface area contributed by atoms with E-state index in [1.165, 1.54) is 31.3 Å². The minimum Gasteiger partial charge on any atom is -0.484 e. The summed E-state index contributed by atoms with van der Waals surface area (Å²) in [5.74, 6) is -0.379. The number of likely N-dealkylation sites (N-methyl/N-ethyl adjacent to an activating group) is 1. The highest BCUT2D eigenvalue weighted by atomic mass is 79.9. The number of hydrogen-bond donors (Lipinski definition) is 2. The fourth-order valence-electron chi connectivity index (χ4n) is 2.91. The number of carbonyl (C=O) groups excluding carboxylic acids is 1. The summed E-state index contributed by atoms with van der Waals surface area (Å²) in [6.07, 6.45) is -4.92. The molecule has 0 aromatic heterocycles. The van der Waals surface area contributed by atoms with Crippen LogP contribution in [-0.2, 0) is 10.4 Å². The molecule has 0 aliphatic heterocycles. The number of alkyl halides is 3. The van der Waals surface area contributed by atoms with Crippen molar-refractivity contribution < 1.29 is 27.8 Å². The Kier molecular flexibility index (Phi) is 4.28. The molecule has 1 aliphatic carbocycles. The van der Waals surface area contributed by atoms with Crippen LogP contribution in [0.5, 0.6) is 5.75 Å². The predicted octanol–water partition coefficient (Wildman–Crippen LogP) is 3.35. The maximum Gasteiger partial charge on any atom is 0.425 e. The number of halogens is 4. The van der Waals surface area contributed by atoms with Crippen LogP contribution in [0.2, 0.25) is 0 Å². The van der Waals surface area contributed by atoms with E-state index in [1.54, 1.807) is 6.07 Å². The number of amides is 1. The van der Waals surface area contributed by atoms with Gasteiger partial charge in [0, 0.05) is 28.2 Å². The topological polar surface area (TPSA) is 58.6 Å². The van der Waals surface area contributed by atoms with Gasteiger partial charge in [-0.05, 0) is 17.7 Å². The van der Waals surface area contributed by atoms with Crippen molar-refractivity contribution in [2.75, 3.05) is 13.7 Å². The number of hydrogen-bond acceptors (Lipinski definition) is 3. The SMILES string of the molecule is CNC(=O)COc1cc(Br)c2c(c1)C(O)(C(F)(F)F)c1ccccc1-2. The normalized spacial score (nSPS) is 18.5. The van der Waals surface area contributed by atoms with Crippen molar-refractivity contribution in [2.24, 2.45) is 0 Å². The molecule has 0 bridgehead atoms. The van der Waals surface area contributed by atoms with Crippen LogP contribution >= 0.6 is 15.9 Å². The number of fused-ring (bicyclic) bond motifs is 3. The lowest BCUT2D eigenvalue weighted by molar-refractivity contribution is -0.246. The monoisotopic (exact) mass is 415 g/mol. The van der Waals surface area contributed by atoms with Gasteiger partial charge in [0.1, 0.15) is 5.75 Å². The third-order valence-electron chi connectivity index (χ3n) is 4.10. The van der Waals surface area contributed by atoms with Crippen molar-refractivity contribution in [1.82, 2.24) is 5.32 Å². The van der Waals surface area contributed by atoms with Gasteiger partial charge in [0.15, 0.2) is 6.61 Å². The van der Waals surface area contributed by atoms with Gasteiger partial charge in [-0.1, -0.05) is 40.2 Å². The van der Waals surface area contributed by atoms with Gasteiger partial charge >= 0.3 is 6.18 Å². The van der Waals surface area contributed by atoms with Crippen molar-refractivity contribution in [3.8, 4) is 16.9 Å². The molecule has 0 radical (unpaired) electrons. The number of aliphatic hydroxyl groups is 1. The molecule has 132 valence electrons. The number of rotatable bonds is 3. The molecular weight excluding hydrogens is 403 g/mol. The number of ether oxygens (including phenoxy) is 1. The summed E-state index contributed by atoms with van der Waals surface area (Å²) in [5.41, 5.74) is -3.16. The Morgan fingerprint density at radius 1 is 1.28 bits per heavy atom. The van der Waals surface area contributed by atoms with E-state index in [2.05, 4.69) is 21.2 Å². The highest BCUT2D eigenvalue weighted by Crippen LogP contribution is 2.57. The fraction of sp³-hybridized carbons (Fsp3) is 0.235. The molecule has 3 rings (SSSR count). The van der Waals surface area contributed by atoms with Crippen LogP contribution in [0.25, 0.3) is 11.1 Å². The van der Waals surface area contributed by atoms with Crippen LogP contribution in [0.4, 0.5) is 13.2 Å². The van der Waals surface area contributed by atoms with Gasteiger partial charge < -0.3 is 15.2 Å². The summed E-state index contributed by atoms with van der Waals surface area (Å²) in [6.45, 7) is -0.348. The Labute approximate surface area is 149 Å². The Morgan fingerprint density at radius 3 is 2.60 bits per heavy atom. The molecule has 2 aromatic carbocycles. The molecule has 0 saturated carbocycles.